The van der Waals surface area contributed by atoms with E-state index >= 15 is 0 Å². The van der Waals surface area contributed by atoms with Gasteiger partial charge < -0.3 is 8.98 Å². The van der Waals surface area contributed by atoms with Crippen molar-refractivity contribution in [1.29, 1.82) is 0 Å². The van der Waals surface area contributed by atoms with Gasteiger partial charge in [-0.1, -0.05) is 60.7 Å². The molecule has 0 spiro atoms. The number of furan rings is 1. The Bertz CT molecular complexity index is 2460. The number of para-hydroxylation sites is 2. The Morgan fingerprint density at radius 1 is 0.465 bits per heavy atom. The van der Waals surface area contributed by atoms with Crippen LogP contribution in [-0.2, 0) is 0 Å². The van der Waals surface area contributed by atoms with E-state index in [1.807, 2.05) is 36.4 Å². The van der Waals surface area contributed by atoms with E-state index in [4.69, 9.17) is 4.42 Å². The minimum atomic E-state index is -0.347. The van der Waals surface area contributed by atoms with Gasteiger partial charge in [-0.2, -0.15) is 0 Å². The predicted molar refractivity (Wildman–Crippen MR) is 170 cm³/mol. The number of aromatic nitrogens is 2. The first-order valence-electron chi connectivity index (χ1n) is 14.2. The summed E-state index contributed by atoms with van der Waals surface area (Å²) < 4.78 is 39.2. The molecule has 0 amide bonds. The van der Waals surface area contributed by atoms with Crippen molar-refractivity contribution in [3.63, 3.8) is 0 Å². The minimum Gasteiger partial charge on any atom is -0.439 e. The highest BCUT2D eigenvalue weighted by atomic mass is 19.1. The van der Waals surface area contributed by atoms with E-state index in [2.05, 4.69) is 69.8 Å². The lowest BCUT2D eigenvalue weighted by Crippen LogP contribution is -1.94. The summed E-state index contributed by atoms with van der Waals surface area (Å²) in [6.07, 6.45) is 0. The molecule has 9 rings (SSSR count). The smallest absolute Gasteiger partial charge is 0.213 e. The molecule has 3 heterocycles. The van der Waals surface area contributed by atoms with E-state index in [0.717, 1.165) is 66.5 Å². The highest BCUT2D eigenvalue weighted by molar-refractivity contribution is 6.24. The Morgan fingerprint density at radius 2 is 1.12 bits per heavy atom. The van der Waals surface area contributed by atoms with Gasteiger partial charge in [0.25, 0.3) is 0 Å². The van der Waals surface area contributed by atoms with Gasteiger partial charge in [-0.15, -0.1) is 0 Å². The monoisotopic (exact) mass is 560 g/mol. The Balaban J connectivity index is 1.29. The summed E-state index contributed by atoms with van der Waals surface area (Å²) in [5, 5.41) is 4.65. The molecule has 0 fully saturated rings. The first kappa shape index (κ1) is 24.0. The summed E-state index contributed by atoms with van der Waals surface area (Å²) in [5.74, 6) is -0.695. The summed E-state index contributed by atoms with van der Waals surface area (Å²) in [4.78, 5) is 0. The molecule has 5 heteroatoms. The Kier molecular flexibility index (Phi) is 4.97. The average Bonchev–Trinajstić information content (AvgIpc) is 3.68. The van der Waals surface area contributed by atoms with Crippen LogP contribution in [0, 0.1) is 11.6 Å². The molecule has 0 aliphatic carbocycles. The van der Waals surface area contributed by atoms with E-state index in [1.54, 1.807) is 12.1 Å². The van der Waals surface area contributed by atoms with Crippen molar-refractivity contribution in [3.05, 3.63) is 145 Å². The van der Waals surface area contributed by atoms with Gasteiger partial charge in [0.2, 0.25) is 5.71 Å². The molecule has 204 valence electrons. The number of rotatable bonds is 3. The van der Waals surface area contributed by atoms with Gasteiger partial charge in [-0.25, -0.2) is 8.78 Å². The number of hydrogen-bond donors (Lipinski definition) is 0. The van der Waals surface area contributed by atoms with E-state index in [-0.39, 0.29) is 11.6 Å². The molecule has 0 unspecified atom stereocenters. The largest absolute Gasteiger partial charge is 0.439 e. The normalized spacial score (nSPS) is 12.0. The zero-order valence-corrected chi connectivity index (χ0v) is 22.8. The maximum atomic E-state index is 14.2. The van der Waals surface area contributed by atoms with Crippen LogP contribution in [0.2, 0.25) is 0 Å². The Morgan fingerprint density at radius 3 is 1.84 bits per heavy atom. The molecular formula is C38H22F2N2O. The topological polar surface area (TPSA) is 23.0 Å². The predicted octanol–water partition coefficient (Wildman–Crippen LogP) is 10.6. The molecular weight excluding hydrogens is 538 g/mol. The number of halogens is 2. The highest BCUT2D eigenvalue weighted by Crippen LogP contribution is 2.43. The number of hydrogen-bond acceptors (Lipinski definition) is 1. The van der Waals surface area contributed by atoms with Crippen LogP contribution in [0.5, 0.6) is 0 Å². The Hall–Kier alpha value is -5.68. The van der Waals surface area contributed by atoms with E-state index < -0.39 is 0 Å². The third kappa shape index (κ3) is 3.45. The van der Waals surface area contributed by atoms with Crippen molar-refractivity contribution in [3.8, 4) is 22.5 Å². The quantitative estimate of drug-likeness (QED) is 0.211. The second-order valence-corrected chi connectivity index (χ2v) is 10.9. The van der Waals surface area contributed by atoms with Gasteiger partial charge >= 0.3 is 0 Å². The zero-order chi connectivity index (χ0) is 28.7. The average molecular weight is 561 g/mol. The van der Waals surface area contributed by atoms with Gasteiger partial charge in [0.15, 0.2) is 0 Å². The van der Waals surface area contributed by atoms with Crippen LogP contribution in [0.1, 0.15) is 0 Å². The van der Waals surface area contributed by atoms with Crippen molar-refractivity contribution < 1.29 is 13.2 Å². The summed E-state index contributed by atoms with van der Waals surface area (Å²) in [7, 11) is 0. The van der Waals surface area contributed by atoms with E-state index in [1.165, 1.54) is 24.3 Å². The fraction of sp³-hybridized carbons (Fsp3) is 0. The van der Waals surface area contributed by atoms with Crippen LogP contribution in [0.3, 0.4) is 0 Å². The maximum absolute atomic E-state index is 14.2. The second-order valence-electron chi connectivity index (χ2n) is 10.9. The summed E-state index contributed by atoms with van der Waals surface area (Å²) >= 11 is 0. The molecule has 0 bridgehead atoms. The molecule has 0 saturated carbocycles. The summed E-state index contributed by atoms with van der Waals surface area (Å²) in [6, 6.07) is 42.5. The first-order chi connectivity index (χ1) is 21.2. The third-order valence-electron chi connectivity index (χ3n) is 8.45. The number of benzene rings is 6. The number of fused-ring (bicyclic) bond motifs is 8. The van der Waals surface area contributed by atoms with Gasteiger partial charge in [0.05, 0.1) is 21.9 Å². The van der Waals surface area contributed by atoms with Crippen molar-refractivity contribution in [1.82, 2.24) is 9.13 Å². The molecule has 6 aromatic carbocycles. The molecule has 0 radical (unpaired) electrons. The SMILES string of the molecule is Fc1ccc2c(c1)c1cc(F)ccc1n2-c1ccc(-c2cccc3c2c2c4ccccc4oc2n3-c2ccccc2)cc1. The molecule has 0 N–H and O–H groups in total. The molecule has 3 aromatic heterocycles. The fourth-order valence-corrected chi connectivity index (χ4v) is 6.64. The van der Waals surface area contributed by atoms with Crippen LogP contribution in [0.4, 0.5) is 8.78 Å². The van der Waals surface area contributed by atoms with Gasteiger partial charge in [-0.3, -0.25) is 4.57 Å². The van der Waals surface area contributed by atoms with Crippen molar-refractivity contribution >= 4 is 54.8 Å². The standard InChI is InChI=1S/C38H22F2N2O/c39-24-15-19-32-30(21-24)31-22-25(40)16-20-33(31)41(32)27-17-13-23(14-18-27)28-10-6-11-34-36(28)37-29-9-4-5-12-35(29)43-38(37)42(34)26-7-2-1-3-8-26/h1-22H. The lowest BCUT2D eigenvalue weighted by atomic mass is 9.99. The van der Waals surface area contributed by atoms with Crippen molar-refractivity contribution in [2.75, 3.05) is 0 Å². The molecule has 3 nitrogen and oxygen atoms in total. The van der Waals surface area contributed by atoms with Crippen LogP contribution >= 0.6 is 0 Å². The van der Waals surface area contributed by atoms with E-state index in [0.29, 0.717) is 10.8 Å². The molecule has 43 heavy (non-hydrogen) atoms. The van der Waals surface area contributed by atoms with Crippen LogP contribution < -0.4 is 0 Å². The molecule has 0 saturated heterocycles. The fourth-order valence-electron chi connectivity index (χ4n) is 6.64. The molecule has 0 aliphatic heterocycles. The van der Waals surface area contributed by atoms with Gasteiger partial charge in [0, 0.05) is 32.9 Å². The maximum Gasteiger partial charge on any atom is 0.213 e. The molecule has 0 aliphatic rings. The van der Waals surface area contributed by atoms with Crippen molar-refractivity contribution in [2.45, 2.75) is 0 Å². The summed E-state index contributed by atoms with van der Waals surface area (Å²) in [5.41, 5.74) is 8.49. The lowest BCUT2D eigenvalue weighted by Gasteiger charge is -2.11. The van der Waals surface area contributed by atoms with E-state index in [9.17, 15) is 8.78 Å². The minimum absolute atomic E-state index is 0.347. The summed E-state index contributed by atoms with van der Waals surface area (Å²) in [6.45, 7) is 0. The van der Waals surface area contributed by atoms with Crippen molar-refractivity contribution in [2.24, 2.45) is 0 Å². The van der Waals surface area contributed by atoms with Gasteiger partial charge in [-0.05, 0) is 83.9 Å². The van der Waals surface area contributed by atoms with Crippen LogP contribution in [-0.4, -0.2) is 9.13 Å². The number of nitrogens with zero attached hydrogens (tertiary/aromatic N) is 2. The zero-order valence-electron chi connectivity index (χ0n) is 22.8. The van der Waals surface area contributed by atoms with Gasteiger partial charge in [0.1, 0.15) is 17.2 Å². The van der Waals surface area contributed by atoms with Crippen LogP contribution in [0.15, 0.2) is 138 Å². The van der Waals surface area contributed by atoms with Crippen LogP contribution in [0.25, 0.3) is 77.3 Å². The Labute approximate surface area is 244 Å². The third-order valence-corrected chi connectivity index (χ3v) is 8.45. The molecule has 9 aromatic rings. The lowest BCUT2D eigenvalue weighted by molar-refractivity contribution is 0.628. The first-order valence-corrected chi connectivity index (χ1v) is 14.2. The highest BCUT2D eigenvalue weighted by Gasteiger charge is 2.22. The molecule has 0 atom stereocenters. The second kappa shape index (κ2) is 8.91.